The van der Waals surface area contributed by atoms with Gasteiger partial charge in [0.15, 0.2) is 0 Å². The standard InChI is InChI=1S/C14H18N2O4/c1-14(2,3)20-13(17)15-11-8-7-10-9(11)5-4-6-12(10)16(18)19/h4-6,11H,7-8H2,1-3H3,(H,15,17)/t11-/m1/s1. The van der Waals surface area contributed by atoms with Crippen molar-refractivity contribution in [3.8, 4) is 0 Å². The number of hydrogen-bond acceptors (Lipinski definition) is 4. The number of nitro groups is 1. The molecule has 1 aliphatic rings. The second-order valence-electron chi connectivity index (χ2n) is 5.84. The van der Waals surface area contributed by atoms with Gasteiger partial charge in [-0.3, -0.25) is 10.1 Å². The van der Waals surface area contributed by atoms with Crippen molar-refractivity contribution in [2.45, 2.75) is 45.3 Å². The number of nitrogens with zero attached hydrogens (tertiary/aromatic N) is 1. The van der Waals surface area contributed by atoms with E-state index in [9.17, 15) is 14.9 Å². The summed E-state index contributed by atoms with van der Waals surface area (Å²) in [4.78, 5) is 22.4. The quantitative estimate of drug-likeness (QED) is 0.665. The van der Waals surface area contributed by atoms with Crippen LogP contribution in [0.3, 0.4) is 0 Å². The molecule has 0 radical (unpaired) electrons. The van der Waals surface area contributed by atoms with Crippen LogP contribution < -0.4 is 5.32 Å². The van der Waals surface area contributed by atoms with Crippen LogP contribution in [0, 0.1) is 10.1 Å². The van der Waals surface area contributed by atoms with E-state index in [1.54, 1.807) is 26.8 Å². The molecule has 6 heteroatoms. The van der Waals surface area contributed by atoms with Crippen LogP contribution in [0.25, 0.3) is 0 Å². The molecular weight excluding hydrogens is 260 g/mol. The maximum absolute atomic E-state index is 11.8. The van der Waals surface area contributed by atoms with Crippen LogP contribution >= 0.6 is 0 Å². The number of ether oxygens (including phenoxy) is 1. The van der Waals surface area contributed by atoms with Gasteiger partial charge in [0.25, 0.3) is 5.69 Å². The highest BCUT2D eigenvalue weighted by atomic mass is 16.6. The molecule has 0 saturated heterocycles. The molecule has 1 aromatic carbocycles. The number of fused-ring (bicyclic) bond motifs is 1. The molecule has 0 fully saturated rings. The van der Waals surface area contributed by atoms with Gasteiger partial charge in [-0.2, -0.15) is 0 Å². The summed E-state index contributed by atoms with van der Waals surface area (Å²) in [6.07, 6.45) is 0.744. The number of amides is 1. The minimum Gasteiger partial charge on any atom is -0.444 e. The SMILES string of the molecule is CC(C)(C)OC(=O)N[C@@H]1CCc2c1cccc2[N+](=O)[O-]. The molecule has 20 heavy (non-hydrogen) atoms. The number of rotatable bonds is 2. The lowest BCUT2D eigenvalue weighted by Crippen LogP contribution is -2.34. The Morgan fingerprint density at radius 3 is 2.75 bits per heavy atom. The fraction of sp³-hybridized carbons (Fsp3) is 0.500. The van der Waals surface area contributed by atoms with Crippen LogP contribution in [-0.4, -0.2) is 16.6 Å². The third-order valence-corrected chi connectivity index (χ3v) is 3.13. The van der Waals surface area contributed by atoms with Crippen molar-refractivity contribution in [2.24, 2.45) is 0 Å². The van der Waals surface area contributed by atoms with Crippen molar-refractivity contribution in [1.82, 2.24) is 5.32 Å². The van der Waals surface area contributed by atoms with Gasteiger partial charge in [-0.25, -0.2) is 4.79 Å². The zero-order valence-corrected chi connectivity index (χ0v) is 11.8. The number of nitro benzene ring substituents is 1. The summed E-state index contributed by atoms with van der Waals surface area (Å²) in [5.74, 6) is 0. The lowest BCUT2D eigenvalue weighted by molar-refractivity contribution is -0.385. The summed E-state index contributed by atoms with van der Waals surface area (Å²) in [6.45, 7) is 5.38. The van der Waals surface area contributed by atoms with E-state index in [2.05, 4.69) is 5.32 Å². The monoisotopic (exact) mass is 278 g/mol. The van der Waals surface area contributed by atoms with E-state index < -0.39 is 11.7 Å². The van der Waals surface area contributed by atoms with Gasteiger partial charge in [0.1, 0.15) is 5.60 Å². The first-order chi connectivity index (χ1) is 9.28. The van der Waals surface area contributed by atoms with E-state index in [0.29, 0.717) is 18.4 Å². The molecule has 0 bridgehead atoms. The number of hydrogen-bond donors (Lipinski definition) is 1. The molecule has 2 rings (SSSR count). The predicted molar refractivity (Wildman–Crippen MR) is 73.5 cm³/mol. The highest BCUT2D eigenvalue weighted by Crippen LogP contribution is 2.36. The largest absolute Gasteiger partial charge is 0.444 e. The molecule has 1 atom stereocenters. The van der Waals surface area contributed by atoms with E-state index in [-0.39, 0.29) is 16.7 Å². The van der Waals surface area contributed by atoms with Crippen molar-refractivity contribution in [2.75, 3.05) is 0 Å². The zero-order chi connectivity index (χ0) is 14.9. The Labute approximate surface area is 117 Å². The van der Waals surface area contributed by atoms with Gasteiger partial charge in [0.2, 0.25) is 0 Å². The van der Waals surface area contributed by atoms with E-state index in [1.807, 2.05) is 6.07 Å². The average molecular weight is 278 g/mol. The summed E-state index contributed by atoms with van der Waals surface area (Å²) in [5.41, 5.74) is 1.08. The average Bonchev–Trinajstić information content (AvgIpc) is 2.69. The Hall–Kier alpha value is -2.11. The van der Waals surface area contributed by atoms with E-state index in [4.69, 9.17) is 4.74 Å². The van der Waals surface area contributed by atoms with Gasteiger partial charge in [0, 0.05) is 11.6 Å². The number of carbonyl (C=O) groups excluding carboxylic acids is 1. The Morgan fingerprint density at radius 2 is 2.15 bits per heavy atom. The lowest BCUT2D eigenvalue weighted by Gasteiger charge is -2.22. The van der Waals surface area contributed by atoms with Gasteiger partial charge in [-0.1, -0.05) is 12.1 Å². The van der Waals surface area contributed by atoms with Crippen molar-refractivity contribution >= 4 is 11.8 Å². The van der Waals surface area contributed by atoms with Gasteiger partial charge in [0.05, 0.1) is 11.0 Å². The normalized spacial score (nSPS) is 17.4. The molecule has 0 saturated carbocycles. The summed E-state index contributed by atoms with van der Waals surface area (Å²) < 4.78 is 5.21. The maximum Gasteiger partial charge on any atom is 0.408 e. The first kappa shape index (κ1) is 14.3. The van der Waals surface area contributed by atoms with Crippen molar-refractivity contribution < 1.29 is 14.5 Å². The number of benzene rings is 1. The first-order valence-electron chi connectivity index (χ1n) is 6.53. The third-order valence-electron chi connectivity index (χ3n) is 3.13. The summed E-state index contributed by atoms with van der Waals surface area (Å²) in [5, 5.41) is 13.7. The highest BCUT2D eigenvalue weighted by Gasteiger charge is 2.30. The van der Waals surface area contributed by atoms with Gasteiger partial charge in [-0.15, -0.1) is 0 Å². The topological polar surface area (TPSA) is 81.5 Å². The van der Waals surface area contributed by atoms with E-state index in [1.165, 1.54) is 6.07 Å². The smallest absolute Gasteiger partial charge is 0.408 e. The van der Waals surface area contributed by atoms with Crippen LogP contribution in [0.5, 0.6) is 0 Å². The minimum atomic E-state index is -0.561. The van der Waals surface area contributed by atoms with E-state index in [0.717, 1.165) is 5.56 Å². The maximum atomic E-state index is 11.8. The van der Waals surface area contributed by atoms with Crippen molar-refractivity contribution in [3.05, 3.63) is 39.4 Å². The van der Waals surface area contributed by atoms with Gasteiger partial charge in [-0.05, 0) is 39.2 Å². The fourth-order valence-corrected chi connectivity index (χ4v) is 2.41. The zero-order valence-electron chi connectivity index (χ0n) is 11.8. The van der Waals surface area contributed by atoms with Crippen LogP contribution in [0.15, 0.2) is 18.2 Å². The number of alkyl carbamates (subject to hydrolysis) is 1. The Morgan fingerprint density at radius 1 is 1.45 bits per heavy atom. The molecular formula is C14H18N2O4. The summed E-state index contributed by atoms with van der Waals surface area (Å²) >= 11 is 0. The van der Waals surface area contributed by atoms with Crippen LogP contribution in [0.1, 0.15) is 44.4 Å². The molecule has 1 N–H and O–H groups in total. The molecule has 108 valence electrons. The molecule has 1 amide bonds. The number of carbonyl (C=O) groups is 1. The molecule has 0 unspecified atom stereocenters. The first-order valence-corrected chi connectivity index (χ1v) is 6.53. The molecule has 0 heterocycles. The van der Waals surface area contributed by atoms with Crippen molar-refractivity contribution in [3.63, 3.8) is 0 Å². The van der Waals surface area contributed by atoms with E-state index >= 15 is 0 Å². The molecule has 6 nitrogen and oxygen atoms in total. The molecule has 0 spiro atoms. The van der Waals surface area contributed by atoms with Gasteiger partial charge < -0.3 is 10.1 Å². The third kappa shape index (κ3) is 3.07. The molecule has 0 aliphatic heterocycles. The van der Waals surface area contributed by atoms with Crippen LogP contribution in [0.2, 0.25) is 0 Å². The molecule has 1 aliphatic carbocycles. The second-order valence-corrected chi connectivity index (χ2v) is 5.84. The summed E-state index contributed by atoms with van der Waals surface area (Å²) in [7, 11) is 0. The Balaban J connectivity index is 2.15. The molecule has 0 aromatic heterocycles. The van der Waals surface area contributed by atoms with Gasteiger partial charge >= 0.3 is 6.09 Å². The predicted octanol–water partition coefficient (Wildman–Crippen LogP) is 3.11. The van der Waals surface area contributed by atoms with Crippen LogP contribution in [-0.2, 0) is 11.2 Å². The number of nitrogens with one attached hydrogen (secondary N) is 1. The Bertz CT molecular complexity index is 549. The molecule has 1 aromatic rings. The Kier molecular flexibility index (Phi) is 3.65. The summed E-state index contributed by atoms with van der Waals surface area (Å²) in [6, 6.07) is 4.73. The van der Waals surface area contributed by atoms with Crippen molar-refractivity contribution in [1.29, 1.82) is 0 Å². The fourth-order valence-electron chi connectivity index (χ4n) is 2.41. The lowest BCUT2D eigenvalue weighted by atomic mass is 10.1. The van der Waals surface area contributed by atoms with Crippen LogP contribution in [0.4, 0.5) is 10.5 Å². The highest BCUT2D eigenvalue weighted by molar-refractivity contribution is 5.69. The minimum absolute atomic E-state index is 0.121. The second kappa shape index (κ2) is 5.11.